The van der Waals surface area contributed by atoms with Crippen LogP contribution in [-0.2, 0) is 0 Å². The third-order valence-corrected chi connectivity index (χ3v) is 2.86. The van der Waals surface area contributed by atoms with Gasteiger partial charge in [-0.25, -0.2) is 4.98 Å². The first-order valence-electron chi connectivity index (χ1n) is 5.83. The Balaban J connectivity index is 1.94. The van der Waals surface area contributed by atoms with E-state index in [1.807, 2.05) is 19.1 Å². The molecular weight excluding hydrogens is 204 g/mol. The third-order valence-electron chi connectivity index (χ3n) is 2.86. The van der Waals surface area contributed by atoms with Crippen LogP contribution in [0.3, 0.4) is 0 Å². The number of rotatable bonds is 4. The fourth-order valence-electron chi connectivity index (χ4n) is 2.02. The summed E-state index contributed by atoms with van der Waals surface area (Å²) in [6.45, 7) is 2.56. The molecule has 0 aromatic carbocycles. The van der Waals surface area contributed by atoms with Crippen molar-refractivity contribution < 1.29 is 9.84 Å². The van der Waals surface area contributed by atoms with E-state index in [9.17, 15) is 5.11 Å². The Morgan fingerprint density at radius 3 is 2.94 bits per heavy atom. The molecule has 1 saturated carbocycles. The SMILES string of the molecule is CCOc1ccc(N[C@H]2CCC[C@@H]2O)cn1. The van der Waals surface area contributed by atoms with Crippen molar-refractivity contribution in [2.45, 2.75) is 38.3 Å². The monoisotopic (exact) mass is 222 g/mol. The lowest BCUT2D eigenvalue weighted by molar-refractivity contribution is 0.172. The highest BCUT2D eigenvalue weighted by Crippen LogP contribution is 2.23. The fraction of sp³-hybridized carbons (Fsp3) is 0.583. The molecule has 1 fully saturated rings. The van der Waals surface area contributed by atoms with Crippen LogP contribution in [0.4, 0.5) is 5.69 Å². The highest BCUT2D eigenvalue weighted by atomic mass is 16.5. The molecule has 0 bridgehead atoms. The van der Waals surface area contributed by atoms with Gasteiger partial charge in [-0.3, -0.25) is 0 Å². The summed E-state index contributed by atoms with van der Waals surface area (Å²) in [6.07, 6.45) is 4.52. The zero-order chi connectivity index (χ0) is 11.4. The molecule has 0 aliphatic heterocycles. The summed E-state index contributed by atoms with van der Waals surface area (Å²) < 4.78 is 5.26. The molecule has 0 spiro atoms. The number of pyridine rings is 1. The Labute approximate surface area is 95.7 Å². The molecule has 1 aromatic heterocycles. The predicted molar refractivity (Wildman–Crippen MR) is 62.7 cm³/mol. The molecule has 1 aliphatic rings. The molecule has 2 N–H and O–H groups in total. The number of ether oxygens (including phenoxy) is 1. The van der Waals surface area contributed by atoms with Crippen molar-refractivity contribution in [1.29, 1.82) is 0 Å². The lowest BCUT2D eigenvalue weighted by Crippen LogP contribution is -2.27. The summed E-state index contributed by atoms with van der Waals surface area (Å²) in [5.41, 5.74) is 0.939. The van der Waals surface area contributed by atoms with Crippen LogP contribution >= 0.6 is 0 Å². The van der Waals surface area contributed by atoms with E-state index in [-0.39, 0.29) is 12.1 Å². The minimum Gasteiger partial charge on any atom is -0.478 e. The number of aliphatic hydroxyl groups is 1. The number of aliphatic hydroxyl groups excluding tert-OH is 1. The van der Waals surface area contributed by atoms with Gasteiger partial charge in [0.25, 0.3) is 0 Å². The summed E-state index contributed by atoms with van der Waals surface area (Å²) in [5.74, 6) is 0.639. The van der Waals surface area contributed by atoms with E-state index in [2.05, 4.69) is 10.3 Å². The molecule has 0 radical (unpaired) electrons. The van der Waals surface area contributed by atoms with Gasteiger partial charge in [0, 0.05) is 6.07 Å². The Bertz CT molecular complexity index is 326. The van der Waals surface area contributed by atoms with Crippen molar-refractivity contribution in [1.82, 2.24) is 4.98 Å². The van der Waals surface area contributed by atoms with Gasteiger partial charge in [0.1, 0.15) is 0 Å². The zero-order valence-corrected chi connectivity index (χ0v) is 9.52. The quantitative estimate of drug-likeness (QED) is 0.815. The van der Waals surface area contributed by atoms with Crippen LogP contribution in [0.1, 0.15) is 26.2 Å². The van der Waals surface area contributed by atoms with Crippen LogP contribution in [0.2, 0.25) is 0 Å². The molecule has 0 saturated heterocycles. The topological polar surface area (TPSA) is 54.4 Å². The number of hydrogen-bond acceptors (Lipinski definition) is 4. The summed E-state index contributed by atoms with van der Waals surface area (Å²) in [7, 11) is 0. The van der Waals surface area contributed by atoms with Crippen molar-refractivity contribution >= 4 is 5.69 Å². The van der Waals surface area contributed by atoms with E-state index >= 15 is 0 Å². The lowest BCUT2D eigenvalue weighted by Gasteiger charge is -2.17. The van der Waals surface area contributed by atoms with E-state index < -0.39 is 0 Å². The largest absolute Gasteiger partial charge is 0.478 e. The highest BCUT2D eigenvalue weighted by Gasteiger charge is 2.24. The first kappa shape index (κ1) is 11.2. The van der Waals surface area contributed by atoms with Crippen molar-refractivity contribution in [3.8, 4) is 5.88 Å². The number of nitrogens with one attached hydrogen (secondary N) is 1. The lowest BCUT2D eigenvalue weighted by atomic mass is 10.2. The minimum absolute atomic E-state index is 0.166. The summed E-state index contributed by atoms with van der Waals surface area (Å²) in [5, 5.41) is 13.0. The Kier molecular flexibility index (Phi) is 3.62. The highest BCUT2D eigenvalue weighted by molar-refractivity contribution is 5.43. The predicted octanol–water partition coefficient (Wildman–Crippen LogP) is 1.81. The van der Waals surface area contributed by atoms with Crippen LogP contribution in [-0.4, -0.2) is 28.8 Å². The molecule has 4 heteroatoms. The van der Waals surface area contributed by atoms with Gasteiger partial charge in [0.2, 0.25) is 5.88 Å². The minimum atomic E-state index is -0.230. The number of aromatic nitrogens is 1. The average molecular weight is 222 g/mol. The zero-order valence-electron chi connectivity index (χ0n) is 9.52. The van der Waals surface area contributed by atoms with E-state index in [0.29, 0.717) is 12.5 Å². The summed E-state index contributed by atoms with van der Waals surface area (Å²) in [6, 6.07) is 3.94. The molecule has 1 heterocycles. The number of hydrogen-bond donors (Lipinski definition) is 2. The normalized spacial score (nSPS) is 24.4. The average Bonchev–Trinajstić information content (AvgIpc) is 2.68. The molecule has 4 nitrogen and oxygen atoms in total. The van der Waals surface area contributed by atoms with Gasteiger partial charge in [-0.1, -0.05) is 0 Å². The second-order valence-electron chi connectivity index (χ2n) is 4.07. The maximum atomic E-state index is 9.68. The van der Waals surface area contributed by atoms with Crippen molar-refractivity contribution in [3.05, 3.63) is 18.3 Å². The number of nitrogens with zero attached hydrogens (tertiary/aromatic N) is 1. The Hall–Kier alpha value is -1.29. The molecule has 0 amide bonds. The van der Waals surface area contributed by atoms with Crippen LogP contribution in [0.25, 0.3) is 0 Å². The smallest absolute Gasteiger partial charge is 0.213 e. The van der Waals surface area contributed by atoms with Gasteiger partial charge in [-0.05, 0) is 32.3 Å². The van der Waals surface area contributed by atoms with Crippen LogP contribution in [0.5, 0.6) is 5.88 Å². The molecule has 1 aromatic rings. The summed E-state index contributed by atoms with van der Waals surface area (Å²) in [4.78, 5) is 4.17. The maximum Gasteiger partial charge on any atom is 0.213 e. The van der Waals surface area contributed by atoms with Crippen LogP contribution in [0, 0.1) is 0 Å². The van der Waals surface area contributed by atoms with Gasteiger partial charge in [0.05, 0.1) is 30.6 Å². The van der Waals surface area contributed by atoms with Crippen LogP contribution in [0.15, 0.2) is 18.3 Å². The molecule has 16 heavy (non-hydrogen) atoms. The molecule has 88 valence electrons. The van der Waals surface area contributed by atoms with Crippen molar-refractivity contribution in [3.63, 3.8) is 0 Å². The molecule has 2 atom stereocenters. The Morgan fingerprint density at radius 1 is 1.50 bits per heavy atom. The van der Waals surface area contributed by atoms with Crippen molar-refractivity contribution in [2.24, 2.45) is 0 Å². The molecular formula is C12H18N2O2. The van der Waals surface area contributed by atoms with Crippen molar-refractivity contribution in [2.75, 3.05) is 11.9 Å². The molecule has 0 unspecified atom stereocenters. The molecule has 2 rings (SSSR count). The van der Waals surface area contributed by atoms with E-state index in [0.717, 1.165) is 24.9 Å². The van der Waals surface area contributed by atoms with Crippen LogP contribution < -0.4 is 10.1 Å². The van der Waals surface area contributed by atoms with E-state index in [1.54, 1.807) is 6.20 Å². The van der Waals surface area contributed by atoms with Gasteiger partial charge >= 0.3 is 0 Å². The van der Waals surface area contributed by atoms with Gasteiger partial charge in [-0.15, -0.1) is 0 Å². The first-order chi connectivity index (χ1) is 7.79. The second kappa shape index (κ2) is 5.16. The van der Waals surface area contributed by atoms with E-state index in [1.165, 1.54) is 0 Å². The van der Waals surface area contributed by atoms with E-state index in [4.69, 9.17) is 4.74 Å². The van der Waals surface area contributed by atoms with Gasteiger partial charge in [-0.2, -0.15) is 0 Å². The first-order valence-corrected chi connectivity index (χ1v) is 5.83. The second-order valence-corrected chi connectivity index (χ2v) is 4.07. The standard InChI is InChI=1S/C12H18N2O2/c1-2-16-12-7-6-9(8-13-12)14-10-4-3-5-11(10)15/h6-8,10-11,14-15H,2-5H2,1H3/t10-,11-/m0/s1. The van der Waals surface area contributed by atoms with Gasteiger partial charge < -0.3 is 15.2 Å². The third kappa shape index (κ3) is 2.64. The van der Waals surface area contributed by atoms with Gasteiger partial charge in [0.15, 0.2) is 0 Å². The molecule has 1 aliphatic carbocycles. The Morgan fingerprint density at radius 2 is 2.38 bits per heavy atom. The maximum absolute atomic E-state index is 9.68. The summed E-state index contributed by atoms with van der Waals surface area (Å²) >= 11 is 0. The fourth-order valence-corrected chi connectivity index (χ4v) is 2.02. The number of anilines is 1.